The van der Waals surface area contributed by atoms with Gasteiger partial charge < -0.3 is 10.0 Å². The lowest BCUT2D eigenvalue weighted by atomic mass is 10.00. The molecule has 4 heteroatoms. The molecule has 3 atom stereocenters. The lowest BCUT2D eigenvalue weighted by Crippen LogP contribution is -2.45. The maximum atomic E-state index is 9.75. The Morgan fingerprint density at radius 1 is 1.29 bits per heavy atom. The van der Waals surface area contributed by atoms with Crippen LogP contribution in [0.2, 0.25) is 0 Å². The fraction of sp³-hybridized carbons (Fsp3) is 0.538. The number of aliphatic hydroxyl groups excluding tert-OH is 1. The van der Waals surface area contributed by atoms with Crippen molar-refractivity contribution in [3.05, 3.63) is 23.9 Å². The second-order valence-corrected chi connectivity index (χ2v) is 4.93. The molecule has 0 aromatic carbocycles. The summed E-state index contributed by atoms with van der Waals surface area (Å²) in [7, 11) is 0. The molecule has 3 rings (SSSR count). The van der Waals surface area contributed by atoms with E-state index in [1.807, 2.05) is 12.1 Å². The van der Waals surface area contributed by atoms with Crippen LogP contribution in [0, 0.1) is 11.3 Å². The van der Waals surface area contributed by atoms with Crippen molar-refractivity contribution in [2.45, 2.75) is 43.9 Å². The van der Waals surface area contributed by atoms with Crippen LogP contribution in [0.3, 0.4) is 0 Å². The van der Waals surface area contributed by atoms with Crippen molar-refractivity contribution >= 4 is 5.82 Å². The van der Waals surface area contributed by atoms with E-state index in [4.69, 9.17) is 5.26 Å². The molecule has 0 amide bonds. The molecule has 4 nitrogen and oxygen atoms in total. The number of nitrogens with zero attached hydrogens (tertiary/aromatic N) is 3. The first-order chi connectivity index (χ1) is 8.28. The maximum absolute atomic E-state index is 9.75. The van der Waals surface area contributed by atoms with Crippen molar-refractivity contribution < 1.29 is 5.11 Å². The molecular formula is C13H15N3O. The van der Waals surface area contributed by atoms with Crippen LogP contribution in [0.15, 0.2) is 18.3 Å². The Morgan fingerprint density at radius 3 is 2.53 bits per heavy atom. The van der Waals surface area contributed by atoms with Gasteiger partial charge in [0.2, 0.25) is 0 Å². The predicted octanol–water partition coefficient (Wildman–Crippen LogP) is 1.45. The minimum absolute atomic E-state index is 0.151. The molecule has 2 aliphatic heterocycles. The number of fused-ring (bicyclic) bond motifs is 2. The molecule has 1 aromatic rings. The van der Waals surface area contributed by atoms with Crippen molar-refractivity contribution in [2.24, 2.45) is 0 Å². The van der Waals surface area contributed by atoms with Gasteiger partial charge in [-0.3, -0.25) is 0 Å². The third-order valence-electron chi connectivity index (χ3n) is 3.85. The summed E-state index contributed by atoms with van der Waals surface area (Å²) in [6, 6.07) is 6.65. The molecule has 2 bridgehead atoms. The van der Waals surface area contributed by atoms with Crippen LogP contribution >= 0.6 is 0 Å². The van der Waals surface area contributed by atoms with E-state index in [1.165, 1.54) is 0 Å². The average Bonchev–Trinajstić information content (AvgIpc) is 2.62. The van der Waals surface area contributed by atoms with Crippen LogP contribution in [0.5, 0.6) is 0 Å². The van der Waals surface area contributed by atoms with Gasteiger partial charge in [-0.1, -0.05) is 0 Å². The number of aliphatic hydroxyl groups is 1. The van der Waals surface area contributed by atoms with Gasteiger partial charge in [0.1, 0.15) is 11.9 Å². The highest BCUT2D eigenvalue weighted by atomic mass is 16.3. The largest absolute Gasteiger partial charge is 0.393 e. The minimum Gasteiger partial charge on any atom is -0.393 e. The van der Waals surface area contributed by atoms with Crippen molar-refractivity contribution in [1.29, 1.82) is 5.26 Å². The molecule has 0 saturated carbocycles. The van der Waals surface area contributed by atoms with Gasteiger partial charge in [0.05, 0.1) is 11.7 Å². The Morgan fingerprint density at radius 2 is 2.00 bits per heavy atom. The van der Waals surface area contributed by atoms with Crippen LogP contribution < -0.4 is 4.90 Å². The van der Waals surface area contributed by atoms with Gasteiger partial charge in [0.25, 0.3) is 0 Å². The molecular weight excluding hydrogens is 214 g/mol. The number of nitriles is 1. The zero-order chi connectivity index (χ0) is 11.8. The average molecular weight is 229 g/mol. The third-order valence-corrected chi connectivity index (χ3v) is 3.85. The third kappa shape index (κ3) is 1.77. The summed E-state index contributed by atoms with van der Waals surface area (Å²) in [4.78, 5) is 6.69. The van der Waals surface area contributed by atoms with Gasteiger partial charge in [0, 0.05) is 18.3 Å². The van der Waals surface area contributed by atoms with Crippen molar-refractivity contribution in [1.82, 2.24) is 4.98 Å². The van der Waals surface area contributed by atoms with E-state index < -0.39 is 0 Å². The standard InChI is InChI=1S/C13H15N3O/c14-7-9-1-4-13(15-8-9)16-10-2-3-11(16)6-12(17)5-10/h1,4,8,10-12,17H,2-3,5-6H2/t10-,11+,12?. The van der Waals surface area contributed by atoms with Crippen LogP contribution in [0.25, 0.3) is 0 Å². The molecule has 1 N–H and O–H groups in total. The van der Waals surface area contributed by atoms with Gasteiger partial charge in [0.15, 0.2) is 0 Å². The lowest BCUT2D eigenvalue weighted by Gasteiger charge is -2.38. The second kappa shape index (κ2) is 4.01. The number of hydrogen-bond donors (Lipinski definition) is 1. The van der Waals surface area contributed by atoms with E-state index in [1.54, 1.807) is 6.20 Å². The van der Waals surface area contributed by atoms with Gasteiger partial charge in [-0.25, -0.2) is 4.98 Å². The number of anilines is 1. The molecule has 1 unspecified atom stereocenters. The van der Waals surface area contributed by atoms with Gasteiger partial charge in [-0.15, -0.1) is 0 Å². The van der Waals surface area contributed by atoms with Gasteiger partial charge in [-0.2, -0.15) is 5.26 Å². The molecule has 2 saturated heterocycles. The van der Waals surface area contributed by atoms with E-state index in [0.717, 1.165) is 31.5 Å². The molecule has 3 heterocycles. The van der Waals surface area contributed by atoms with Crippen molar-refractivity contribution in [3.8, 4) is 6.07 Å². The Balaban J connectivity index is 1.87. The SMILES string of the molecule is N#Cc1ccc(N2[C@@H]3CC[C@H]2CC(O)C3)nc1. The second-order valence-electron chi connectivity index (χ2n) is 4.93. The molecule has 2 fully saturated rings. The maximum Gasteiger partial charge on any atom is 0.129 e. The molecule has 0 radical (unpaired) electrons. The topological polar surface area (TPSA) is 60.2 Å². The molecule has 1 aromatic heterocycles. The first kappa shape index (κ1) is 10.5. The zero-order valence-electron chi connectivity index (χ0n) is 9.58. The van der Waals surface area contributed by atoms with Crippen molar-refractivity contribution in [2.75, 3.05) is 4.90 Å². The van der Waals surface area contributed by atoms with Gasteiger partial charge in [-0.05, 0) is 37.8 Å². The highest BCUT2D eigenvalue weighted by Crippen LogP contribution is 2.38. The highest BCUT2D eigenvalue weighted by Gasteiger charge is 2.40. The monoisotopic (exact) mass is 229 g/mol. The quantitative estimate of drug-likeness (QED) is 0.791. The Hall–Kier alpha value is -1.60. The number of rotatable bonds is 1. The summed E-state index contributed by atoms with van der Waals surface area (Å²) in [6.07, 6.45) is 5.45. The van der Waals surface area contributed by atoms with Crippen LogP contribution in [-0.2, 0) is 0 Å². The highest BCUT2D eigenvalue weighted by molar-refractivity contribution is 5.46. The van der Waals surface area contributed by atoms with Crippen LogP contribution in [0.4, 0.5) is 5.82 Å². The molecule has 88 valence electrons. The van der Waals surface area contributed by atoms with E-state index in [0.29, 0.717) is 17.6 Å². The van der Waals surface area contributed by atoms with Crippen LogP contribution in [-0.4, -0.2) is 28.3 Å². The van der Waals surface area contributed by atoms with E-state index >= 15 is 0 Å². The smallest absolute Gasteiger partial charge is 0.129 e. The molecule has 2 aliphatic rings. The predicted molar refractivity (Wildman–Crippen MR) is 63.5 cm³/mol. The number of pyridine rings is 1. The minimum atomic E-state index is -0.151. The molecule has 0 spiro atoms. The lowest BCUT2D eigenvalue weighted by molar-refractivity contribution is 0.126. The fourth-order valence-electron chi connectivity index (χ4n) is 3.13. The first-order valence-electron chi connectivity index (χ1n) is 6.10. The fourth-order valence-corrected chi connectivity index (χ4v) is 3.13. The van der Waals surface area contributed by atoms with Gasteiger partial charge >= 0.3 is 0 Å². The van der Waals surface area contributed by atoms with Crippen molar-refractivity contribution in [3.63, 3.8) is 0 Å². The van der Waals surface area contributed by atoms with E-state index in [9.17, 15) is 5.11 Å². The van der Waals surface area contributed by atoms with Crippen LogP contribution in [0.1, 0.15) is 31.2 Å². The summed E-state index contributed by atoms with van der Waals surface area (Å²) in [5.74, 6) is 0.948. The number of hydrogen-bond acceptors (Lipinski definition) is 4. The summed E-state index contributed by atoms with van der Waals surface area (Å²) >= 11 is 0. The Bertz CT molecular complexity index is 437. The number of piperidine rings is 1. The Labute approximate surface area is 101 Å². The Kier molecular flexibility index (Phi) is 2.49. The molecule has 17 heavy (non-hydrogen) atoms. The summed E-state index contributed by atoms with van der Waals surface area (Å²) in [5, 5.41) is 18.5. The normalized spacial score (nSPS) is 31.3. The summed E-state index contributed by atoms with van der Waals surface area (Å²) in [5.41, 5.74) is 0.596. The first-order valence-corrected chi connectivity index (χ1v) is 6.10. The molecule has 0 aliphatic carbocycles. The van der Waals surface area contributed by atoms with E-state index in [-0.39, 0.29) is 6.10 Å². The summed E-state index contributed by atoms with van der Waals surface area (Å²) < 4.78 is 0. The van der Waals surface area contributed by atoms with E-state index in [2.05, 4.69) is 16.0 Å². The number of aromatic nitrogens is 1. The zero-order valence-corrected chi connectivity index (χ0v) is 9.58. The summed E-state index contributed by atoms with van der Waals surface area (Å²) in [6.45, 7) is 0.